The zero-order valence-corrected chi connectivity index (χ0v) is 13.1. The summed E-state index contributed by atoms with van der Waals surface area (Å²) in [6, 6.07) is 2.07. The molecule has 3 aromatic rings. The lowest BCUT2D eigenvalue weighted by molar-refractivity contribution is -0.693. The largest absolute Gasteiger partial charge is 0.234 e. The second kappa shape index (κ2) is 4.97. The summed E-state index contributed by atoms with van der Waals surface area (Å²) in [5, 5.41) is 13.8. The Hall–Kier alpha value is -1.34. The maximum absolute atomic E-state index is 4.61. The molecule has 0 saturated carbocycles. The molecule has 5 nitrogen and oxygen atoms in total. The number of hydrogen-bond donors (Lipinski definition) is 0. The Kier molecular flexibility index (Phi) is 3.32. The minimum Gasteiger partial charge on any atom is -0.204 e. The molecular weight excluding hydrogens is 326 g/mol. The predicted octanol–water partition coefficient (Wildman–Crippen LogP) is 2.49. The standard InChI is InChI=1S/C12H13BrN5S/c1-3-10-14-15-12-18(10)16-11(19-12)8-5-9(13)7-17(4-2)6-8/h5-7H,3-4H2,1-2H3/q+1. The molecular formula is C12H13BrN5S+. The summed E-state index contributed by atoms with van der Waals surface area (Å²) in [6.45, 7) is 5.10. The molecule has 0 saturated heterocycles. The average molecular weight is 339 g/mol. The molecule has 0 fully saturated rings. The topological polar surface area (TPSA) is 47.0 Å². The number of fused-ring (bicyclic) bond motifs is 1. The van der Waals surface area contributed by atoms with Gasteiger partial charge in [0.15, 0.2) is 23.2 Å². The zero-order valence-electron chi connectivity index (χ0n) is 10.7. The molecule has 0 aliphatic rings. The van der Waals surface area contributed by atoms with E-state index in [1.807, 2.05) is 4.52 Å². The molecule has 0 amide bonds. The first-order chi connectivity index (χ1) is 9.21. The van der Waals surface area contributed by atoms with E-state index in [1.165, 1.54) is 0 Å². The fraction of sp³-hybridized carbons (Fsp3) is 0.333. The van der Waals surface area contributed by atoms with Crippen LogP contribution in [0.2, 0.25) is 0 Å². The fourth-order valence-electron chi connectivity index (χ4n) is 1.89. The van der Waals surface area contributed by atoms with Crippen LogP contribution in [0, 0.1) is 0 Å². The van der Waals surface area contributed by atoms with Gasteiger partial charge in [0.05, 0.1) is 10.0 Å². The van der Waals surface area contributed by atoms with Crippen molar-refractivity contribution in [1.29, 1.82) is 0 Å². The van der Waals surface area contributed by atoms with Crippen molar-refractivity contribution in [3.05, 3.63) is 28.8 Å². The second-order valence-electron chi connectivity index (χ2n) is 4.14. The summed E-state index contributed by atoms with van der Waals surface area (Å²) in [5.74, 6) is 0.899. The maximum atomic E-state index is 4.61. The molecule has 19 heavy (non-hydrogen) atoms. The summed E-state index contributed by atoms with van der Waals surface area (Å²) in [7, 11) is 0. The summed E-state index contributed by atoms with van der Waals surface area (Å²) >= 11 is 5.09. The van der Waals surface area contributed by atoms with Gasteiger partial charge in [-0.05, 0) is 28.9 Å². The molecule has 0 radical (unpaired) electrons. The van der Waals surface area contributed by atoms with Gasteiger partial charge in [-0.15, -0.1) is 10.2 Å². The van der Waals surface area contributed by atoms with E-state index in [1.54, 1.807) is 11.3 Å². The molecule has 0 N–H and O–H groups in total. The van der Waals surface area contributed by atoms with Gasteiger partial charge in [-0.1, -0.05) is 18.3 Å². The predicted molar refractivity (Wildman–Crippen MR) is 77.0 cm³/mol. The molecule has 0 aromatic carbocycles. The van der Waals surface area contributed by atoms with Gasteiger partial charge in [0.25, 0.3) is 0 Å². The first-order valence-corrected chi connectivity index (χ1v) is 7.73. The highest BCUT2D eigenvalue weighted by atomic mass is 79.9. The van der Waals surface area contributed by atoms with Crippen molar-refractivity contribution < 1.29 is 4.57 Å². The molecule has 3 aromatic heterocycles. The van der Waals surface area contributed by atoms with Crippen LogP contribution in [0.1, 0.15) is 19.7 Å². The number of nitrogens with zero attached hydrogens (tertiary/aromatic N) is 5. The lowest BCUT2D eigenvalue weighted by Gasteiger charge is -1.97. The summed E-state index contributed by atoms with van der Waals surface area (Å²) < 4.78 is 5.01. The maximum Gasteiger partial charge on any atom is 0.234 e. The summed E-state index contributed by atoms with van der Waals surface area (Å²) in [5.41, 5.74) is 1.09. The smallest absolute Gasteiger partial charge is 0.204 e. The van der Waals surface area contributed by atoms with Crippen LogP contribution in [0.15, 0.2) is 22.9 Å². The van der Waals surface area contributed by atoms with Crippen molar-refractivity contribution in [2.24, 2.45) is 0 Å². The Morgan fingerprint density at radius 1 is 1.32 bits per heavy atom. The van der Waals surface area contributed by atoms with E-state index < -0.39 is 0 Å². The first kappa shape index (κ1) is 12.7. The van der Waals surface area contributed by atoms with Gasteiger partial charge in [0.1, 0.15) is 6.54 Å². The van der Waals surface area contributed by atoms with Crippen LogP contribution in [0.5, 0.6) is 0 Å². The van der Waals surface area contributed by atoms with E-state index in [-0.39, 0.29) is 0 Å². The van der Waals surface area contributed by atoms with Crippen molar-refractivity contribution in [2.75, 3.05) is 0 Å². The highest BCUT2D eigenvalue weighted by Crippen LogP contribution is 2.26. The van der Waals surface area contributed by atoms with Crippen LogP contribution in [0.3, 0.4) is 0 Å². The number of halogens is 1. The van der Waals surface area contributed by atoms with Crippen molar-refractivity contribution >= 4 is 32.2 Å². The van der Waals surface area contributed by atoms with Gasteiger partial charge < -0.3 is 0 Å². The Morgan fingerprint density at radius 3 is 2.89 bits per heavy atom. The minimum absolute atomic E-state index is 0.831. The van der Waals surface area contributed by atoms with Crippen molar-refractivity contribution in [3.63, 3.8) is 0 Å². The lowest BCUT2D eigenvalue weighted by Crippen LogP contribution is -2.31. The quantitative estimate of drug-likeness (QED) is 0.689. The highest BCUT2D eigenvalue weighted by molar-refractivity contribution is 9.10. The Balaban J connectivity index is 2.13. The van der Waals surface area contributed by atoms with Crippen LogP contribution >= 0.6 is 27.3 Å². The van der Waals surface area contributed by atoms with Crippen LogP contribution < -0.4 is 4.57 Å². The zero-order chi connectivity index (χ0) is 13.4. The molecule has 0 atom stereocenters. The molecule has 98 valence electrons. The molecule has 0 bridgehead atoms. The third-order valence-corrected chi connectivity index (χ3v) is 4.25. The van der Waals surface area contributed by atoms with Crippen LogP contribution in [0.25, 0.3) is 15.5 Å². The molecule has 0 aliphatic heterocycles. The third-order valence-electron chi connectivity index (χ3n) is 2.87. The molecule has 7 heteroatoms. The molecule has 0 spiro atoms. The fourth-order valence-corrected chi connectivity index (χ4v) is 3.24. The highest BCUT2D eigenvalue weighted by Gasteiger charge is 2.14. The van der Waals surface area contributed by atoms with Crippen LogP contribution in [0.4, 0.5) is 0 Å². The molecule has 3 heterocycles. The normalized spacial score (nSPS) is 11.3. The molecule has 0 unspecified atom stereocenters. The number of aryl methyl sites for hydroxylation is 2. The van der Waals surface area contributed by atoms with Crippen molar-refractivity contribution in [3.8, 4) is 10.6 Å². The molecule has 0 aliphatic carbocycles. The number of hydrogen-bond acceptors (Lipinski definition) is 4. The van der Waals surface area contributed by atoms with Crippen molar-refractivity contribution in [1.82, 2.24) is 19.8 Å². The Labute approximate surface area is 123 Å². The minimum atomic E-state index is 0.831. The number of pyridine rings is 1. The first-order valence-electron chi connectivity index (χ1n) is 6.12. The lowest BCUT2D eigenvalue weighted by atomic mass is 10.3. The van der Waals surface area contributed by atoms with Crippen molar-refractivity contribution in [2.45, 2.75) is 26.8 Å². The second-order valence-corrected chi connectivity index (χ2v) is 6.02. The average Bonchev–Trinajstić information content (AvgIpc) is 2.97. The van der Waals surface area contributed by atoms with Gasteiger partial charge in [0, 0.05) is 6.42 Å². The third kappa shape index (κ3) is 2.28. The van der Waals surface area contributed by atoms with E-state index in [9.17, 15) is 0 Å². The Morgan fingerprint density at radius 2 is 2.16 bits per heavy atom. The summed E-state index contributed by atoms with van der Waals surface area (Å²) in [6.07, 6.45) is 4.99. The van der Waals surface area contributed by atoms with Gasteiger partial charge in [0.2, 0.25) is 4.96 Å². The van der Waals surface area contributed by atoms with E-state index >= 15 is 0 Å². The van der Waals surface area contributed by atoms with Gasteiger partial charge in [-0.3, -0.25) is 0 Å². The van der Waals surface area contributed by atoms with E-state index in [0.717, 1.165) is 38.8 Å². The van der Waals surface area contributed by atoms with Crippen LogP contribution in [-0.2, 0) is 13.0 Å². The van der Waals surface area contributed by atoms with Gasteiger partial charge >= 0.3 is 0 Å². The monoisotopic (exact) mass is 338 g/mol. The summed E-state index contributed by atoms with van der Waals surface area (Å²) in [4.78, 5) is 0.842. The van der Waals surface area contributed by atoms with E-state index in [0.29, 0.717) is 0 Å². The van der Waals surface area contributed by atoms with Gasteiger partial charge in [-0.2, -0.15) is 9.61 Å². The van der Waals surface area contributed by atoms with Crippen LogP contribution in [-0.4, -0.2) is 19.8 Å². The van der Waals surface area contributed by atoms with E-state index in [4.69, 9.17) is 0 Å². The van der Waals surface area contributed by atoms with E-state index in [2.05, 4.69) is 68.1 Å². The number of rotatable bonds is 3. The SMILES string of the molecule is CCc1nnc2sc(-c3cc(Br)c[n+](CC)c3)nn12. The Bertz CT molecular complexity index is 733. The number of aromatic nitrogens is 5. The van der Waals surface area contributed by atoms with Gasteiger partial charge in [-0.25, -0.2) is 4.57 Å². The molecule has 3 rings (SSSR count).